The zero-order valence-corrected chi connectivity index (χ0v) is 8.10. The molecule has 1 heterocycles. The Kier molecular flexibility index (Phi) is 3.73. The molecule has 0 aromatic heterocycles. The number of rotatable bonds is 3. The Bertz CT molecular complexity index is 203. The molecule has 0 unspecified atom stereocenters. The maximum absolute atomic E-state index is 10.6. The highest BCUT2D eigenvalue weighted by atomic mass is 16.1. The van der Waals surface area contributed by atoms with Crippen LogP contribution in [0.15, 0.2) is 0 Å². The SMILES string of the molecule is CC(=O)NCCN1CCCCC1=N. The Morgan fingerprint density at radius 3 is 3.00 bits per heavy atom. The number of nitrogens with zero attached hydrogens (tertiary/aromatic N) is 1. The number of amidine groups is 1. The van der Waals surface area contributed by atoms with Crippen molar-refractivity contribution in [3.8, 4) is 0 Å². The third-order valence-corrected chi connectivity index (χ3v) is 2.23. The van der Waals surface area contributed by atoms with Gasteiger partial charge in [-0.25, -0.2) is 0 Å². The molecule has 0 saturated carbocycles. The molecule has 0 atom stereocenters. The van der Waals surface area contributed by atoms with E-state index in [1.807, 2.05) is 4.90 Å². The number of nitrogens with one attached hydrogen (secondary N) is 2. The van der Waals surface area contributed by atoms with Crippen molar-refractivity contribution in [2.24, 2.45) is 0 Å². The van der Waals surface area contributed by atoms with E-state index < -0.39 is 0 Å². The van der Waals surface area contributed by atoms with Crippen molar-refractivity contribution < 1.29 is 4.79 Å². The predicted octanol–water partition coefficient (Wildman–Crippen LogP) is 0.586. The standard InChI is InChI=1S/C9H17N3O/c1-8(13)11-5-7-12-6-3-2-4-9(12)10/h10H,2-7H2,1H3,(H,11,13). The Balaban J connectivity index is 2.19. The average Bonchev–Trinajstić information content (AvgIpc) is 2.08. The van der Waals surface area contributed by atoms with Gasteiger partial charge in [-0.05, 0) is 12.8 Å². The minimum Gasteiger partial charge on any atom is -0.359 e. The molecule has 0 bridgehead atoms. The number of carbonyl (C=O) groups is 1. The lowest BCUT2D eigenvalue weighted by atomic mass is 10.1. The van der Waals surface area contributed by atoms with Crippen LogP contribution in [0.2, 0.25) is 0 Å². The van der Waals surface area contributed by atoms with E-state index >= 15 is 0 Å². The second kappa shape index (κ2) is 4.84. The van der Waals surface area contributed by atoms with Gasteiger partial charge in [-0.3, -0.25) is 10.2 Å². The highest BCUT2D eigenvalue weighted by molar-refractivity contribution is 5.79. The van der Waals surface area contributed by atoms with Crippen LogP contribution >= 0.6 is 0 Å². The van der Waals surface area contributed by atoms with Gasteiger partial charge in [0.1, 0.15) is 0 Å². The van der Waals surface area contributed by atoms with Crippen molar-refractivity contribution in [3.05, 3.63) is 0 Å². The van der Waals surface area contributed by atoms with Gasteiger partial charge in [0.2, 0.25) is 5.91 Å². The summed E-state index contributed by atoms with van der Waals surface area (Å²) in [6, 6.07) is 0. The second-order valence-electron chi connectivity index (χ2n) is 3.37. The molecule has 1 amide bonds. The van der Waals surface area contributed by atoms with E-state index in [0.717, 1.165) is 31.8 Å². The summed E-state index contributed by atoms with van der Waals surface area (Å²) in [6.07, 6.45) is 3.19. The summed E-state index contributed by atoms with van der Waals surface area (Å²) in [7, 11) is 0. The van der Waals surface area contributed by atoms with Gasteiger partial charge in [0.15, 0.2) is 0 Å². The molecule has 0 aromatic carbocycles. The normalized spacial score (nSPS) is 17.3. The van der Waals surface area contributed by atoms with Gasteiger partial charge in [-0.2, -0.15) is 0 Å². The van der Waals surface area contributed by atoms with Crippen LogP contribution in [0.25, 0.3) is 0 Å². The van der Waals surface area contributed by atoms with Crippen LogP contribution in [0, 0.1) is 5.41 Å². The van der Waals surface area contributed by atoms with Crippen LogP contribution in [-0.2, 0) is 4.79 Å². The number of likely N-dealkylation sites (tertiary alicyclic amines) is 1. The fourth-order valence-corrected chi connectivity index (χ4v) is 1.50. The van der Waals surface area contributed by atoms with Crippen LogP contribution in [0.4, 0.5) is 0 Å². The Labute approximate surface area is 78.8 Å². The van der Waals surface area contributed by atoms with E-state index in [1.54, 1.807) is 0 Å². The zero-order chi connectivity index (χ0) is 9.68. The summed E-state index contributed by atoms with van der Waals surface area (Å²) >= 11 is 0. The predicted molar refractivity (Wildman–Crippen MR) is 51.8 cm³/mol. The van der Waals surface area contributed by atoms with Crippen molar-refractivity contribution in [1.82, 2.24) is 10.2 Å². The van der Waals surface area contributed by atoms with E-state index in [0.29, 0.717) is 6.54 Å². The smallest absolute Gasteiger partial charge is 0.216 e. The maximum Gasteiger partial charge on any atom is 0.216 e. The van der Waals surface area contributed by atoms with Crippen molar-refractivity contribution in [2.45, 2.75) is 26.2 Å². The summed E-state index contributed by atoms with van der Waals surface area (Å²) < 4.78 is 0. The van der Waals surface area contributed by atoms with Crippen LogP contribution in [-0.4, -0.2) is 36.3 Å². The summed E-state index contributed by atoms with van der Waals surface area (Å²) in [4.78, 5) is 12.6. The van der Waals surface area contributed by atoms with Crippen molar-refractivity contribution >= 4 is 11.7 Å². The molecule has 1 aliphatic heterocycles. The monoisotopic (exact) mass is 183 g/mol. The summed E-state index contributed by atoms with van der Waals surface area (Å²) in [6.45, 7) is 3.91. The van der Waals surface area contributed by atoms with E-state index in [9.17, 15) is 4.79 Å². The number of amides is 1. The quantitative estimate of drug-likeness (QED) is 0.672. The maximum atomic E-state index is 10.6. The van der Waals surface area contributed by atoms with Gasteiger partial charge >= 0.3 is 0 Å². The fourth-order valence-electron chi connectivity index (χ4n) is 1.50. The molecule has 0 radical (unpaired) electrons. The summed E-state index contributed by atoms with van der Waals surface area (Å²) in [5.74, 6) is 0.722. The Hall–Kier alpha value is -1.06. The lowest BCUT2D eigenvalue weighted by molar-refractivity contribution is -0.118. The lowest BCUT2D eigenvalue weighted by Crippen LogP contribution is -2.40. The Morgan fingerprint density at radius 2 is 2.38 bits per heavy atom. The molecule has 0 aliphatic carbocycles. The van der Waals surface area contributed by atoms with E-state index in [4.69, 9.17) is 5.41 Å². The molecule has 0 spiro atoms. The fraction of sp³-hybridized carbons (Fsp3) is 0.778. The van der Waals surface area contributed by atoms with E-state index in [1.165, 1.54) is 13.3 Å². The highest BCUT2D eigenvalue weighted by Gasteiger charge is 2.13. The third-order valence-electron chi connectivity index (χ3n) is 2.23. The van der Waals surface area contributed by atoms with Crippen LogP contribution < -0.4 is 5.32 Å². The van der Waals surface area contributed by atoms with Crippen molar-refractivity contribution in [2.75, 3.05) is 19.6 Å². The van der Waals surface area contributed by atoms with Crippen molar-refractivity contribution in [1.29, 1.82) is 5.41 Å². The molecule has 0 aromatic rings. The first kappa shape index (κ1) is 10.0. The van der Waals surface area contributed by atoms with Gasteiger partial charge in [0.25, 0.3) is 0 Å². The average molecular weight is 183 g/mol. The molecular formula is C9H17N3O. The number of carbonyl (C=O) groups excluding carboxylic acids is 1. The van der Waals surface area contributed by atoms with Gasteiger partial charge in [0, 0.05) is 33.0 Å². The van der Waals surface area contributed by atoms with Gasteiger partial charge < -0.3 is 10.2 Å². The molecule has 1 aliphatic rings. The topological polar surface area (TPSA) is 56.2 Å². The van der Waals surface area contributed by atoms with E-state index in [2.05, 4.69) is 5.32 Å². The minimum atomic E-state index is 0.00328. The summed E-state index contributed by atoms with van der Waals surface area (Å²) in [5.41, 5.74) is 0. The molecule has 4 nitrogen and oxygen atoms in total. The highest BCUT2D eigenvalue weighted by Crippen LogP contribution is 2.09. The number of piperidine rings is 1. The van der Waals surface area contributed by atoms with Gasteiger partial charge in [-0.15, -0.1) is 0 Å². The first-order valence-electron chi connectivity index (χ1n) is 4.77. The molecular weight excluding hydrogens is 166 g/mol. The van der Waals surface area contributed by atoms with Crippen LogP contribution in [0.1, 0.15) is 26.2 Å². The molecule has 74 valence electrons. The number of hydrogen-bond acceptors (Lipinski definition) is 2. The molecule has 13 heavy (non-hydrogen) atoms. The molecule has 1 fully saturated rings. The first-order valence-corrected chi connectivity index (χ1v) is 4.77. The van der Waals surface area contributed by atoms with Gasteiger partial charge in [-0.1, -0.05) is 0 Å². The van der Waals surface area contributed by atoms with E-state index in [-0.39, 0.29) is 5.91 Å². The third kappa shape index (κ3) is 3.44. The zero-order valence-electron chi connectivity index (χ0n) is 8.10. The van der Waals surface area contributed by atoms with Crippen molar-refractivity contribution in [3.63, 3.8) is 0 Å². The second-order valence-corrected chi connectivity index (χ2v) is 3.37. The minimum absolute atomic E-state index is 0.00328. The molecule has 4 heteroatoms. The molecule has 2 N–H and O–H groups in total. The largest absolute Gasteiger partial charge is 0.359 e. The first-order chi connectivity index (χ1) is 6.20. The number of hydrogen-bond donors (Lipinski definition) is 2. The Morgan fingerprint density at radius 1 is 1.62 bits per heavy atom. The van der Waals surface area contributed by atoms with Crippen LogP contribution in [0.3, 0.4) is 0 Å². The molecule has 1 saturated heterocycles. The lowest BCUT2D eigenvalue weighted by Gasteiger charge is -2.29. The van der Waals surface area contributed by atoms with Gasteiger partial charge in [0.05, 0.1) is 5.84 Å². The van der Waals surface area contributed by atoms with Crippen LogP contribution in [0.5, 0.6) is 0 Å². The molecule has 1 rings (SSSR count). The summed E-state index contributed by atoms with van der Waals surface area (Å²) in [5, 5.41) is 10.4.